The molecule has 0 N–H and O–H groups in total. The zero-order valence-corrected chi connectivity index (χ0v) is 30.5. The molecule has 0 aliphatic rings. The summed E-state index contributed by atoms with van der Waals surface area (Å²) in [6.45, 7) is -2.28. The number of hydrogen-bond donors (Lipinski definition) is 0. The number of benzene rings is 2. The summed E-state index contributed by atoms with van der Waals surface area (Å²) < 4.78 is 260. The van der Waals surface area contributed by atoms with Crippen LogP contribution in [0.2, 0.25) is 0 Å². The minimum atomic E-state index is -8.75. The van der Waals surface area contributed by atoms with Crippen molar-refractivity contribution in [3.05, 3.63) is 67.8 Å². The van der Waals surface area contributed by atoms with Crippen LogP contribution in [0, 0.1) is 7.14 Å². The van der Waals surface area contributed by atoms with E-state index in [1.807, 2.05) is 0 Å². The predicted molar refractivity (Wildman–Crippen MR) is 142 cm³/mol. The van der Waals surface area contributed by atoms with Crippen LogP contribution in [0.3, 0.4) is 0 Å². The van der Waals surface area contributed by atoms with Crippen molar-refractivity contribution in [2.75, 3.05) is 0 Å². The third-order valence-corrected chi connectivity index (χ3v) is 12.5. The fourth-order valence-electron chi connectivity index (χ4n) is 3.41. The first kappa shape index (κ1) is 48.3. The maximum absolute atomic E-state index is 13.5. The Kier molecular flexibility index (Phi) is 14.7. The molecule has 0 bridgehead atoms. The highest BCUT2D eigenvalue weighted by Gasteiger charge is 2.87. The summed E-state index contributed by atoms with van der Waals surface area (Å²) in [5, 5.41) is 0. The zero-order chi connectivity index (χ0) is 41.3. The summed E-state index contributed by atoms with van der Waals surface area (Å²) in [6, 6.07) is 21.4. The highest BCUT2D eigenvalue weighted by Crippen LogP contribution is 2.58. The second kappa shape index (κ2) is 15.8. The fourth-order valence-corrected chi connectivity index (χ4v) is 9.37. The lowest BCUT2D eigenvalue weighted by Gasteiger charge is -2.55. The van der Waals surface area contributed by atoms with E-state index in [-0.39, 0.29) is 62.7 Å². The average molecular weight is 924 g/mol. The lowest BCUT2D eigenvalue weighted by Crippen LogP contribution is -3.61. The van der Waals surface area contributed by atoms with E-state index >= 15 is 0 Å². The van der Waals surface area contributed by atoms with E-state index in [1.54, 1.807) is 0 Å². The van der Waals surface area contributed by atoms with Gasteiger partial charge in [-0.2, -0.15) is 79.0 Å². The lowest BCUT2D eigenvalue weighted by atomic mass is 10.0. The van der Waals surface area contributed by atoms with E-state index in [4.69, 9.17) is 0 Å². The van der Waals surface area contributed by atoms with Gasteiger partial charge in [-0.3, -0.25) is 0 Å². The average Bonchev–Trinajstić information content (AvgIpc) is 2.88. The molecule has 2 rings (SSSR count). The first-order valence-corrected chi connectivity index (χ1v) is 17.9. The van der Waals surface area contributed by atoms with E-state index in [1.165, 1.54) is 7.14 Å². The maximum atomic E-state index is 13.5. The Balaban J connectivity index is 0.000000853. The van der Waals surface area contributed by atoms with Crippen LogP contribution in [0.5, 0.6) is 0 Å². The molecule has 52 heavy (non-hydrogen) atoms. The van der Waals surface area contributed by atoms with Gasteiger partial charge in [0.1, 0.15) is 16.8 Å². The minimum Gasteiger partial charge on any atom is -0.576 e. The van der Waals surface area contributed by atoms with Crippen LogP contribution in [0.25, 0.3) is 0 Å². The SMILES string of the molecule is CC(C)([O][Al-]([O]C(C)(C)C(F)(F)F)([O]C(C)(C)C(F)(F)F)[O]C(C(F)(F)F)(C(F)(F)F)C(F)(F)F)C(F)(F)F.c1ccc([I+]c2ccccc2)cc1. The van der Waals surface area contributed by atoms with Crippen LogP contribution in [-0.4, -0.2) is 73.9 Å². The van der Waals surface area contributed by atoms with Gasteiger partial charge in [0.2, 0.25) is 0 Å². The Morgan fingerprint density at radius 1 is 0.365 bits per heavy atom. The second-order valence-electron chi connectivity index (χ2n) is 11.9. The third-order valence-electron chi connectivity index (χ3n) is 6.57. The molecule has 0 heterocycles. The Bertz CT molecular complexity index is 1270. The predicted octanol–water partition coefficient (Wildman–Crippen LogP) is 7.75. The van der Waals surface area contributed by atoms with E-state index in [0.29, 0.717) is 0 Å². The summed E-state index contributed by atoms with van der Waals surface area (Å²) >= 11 is -8.72. The normalized spacial score (nSPS) is 14.9. The van der Waals surface area contributed by atoms with Gasteiger partial charge in [-0.05, 0) is 65.8 Å². The Labute approximate surface area is 298 Å². The largest absolute Gasteiger partial charge is 0.878 e. The molecule has 0 amide bonds. The zero-order valence-electron chi connectivity index (χ0n) is 27.2. The number of rotatable bonds is 10. The molecule has 0 saturated heterocycles. The molecular formula is C28H28AlF18IO4. The van der Waals surface area contributed by atoms with Crippen molar-refractivity contribution >= 4 is 14.4 Å². The Morgan fingerprint density at radius 3 is 0.788 bits per heavy atom. The minimum absolute atomic E-state index is 0.0287. The van der Waals surface area contributed by atoms with Crippen LogP contribution in [0.1, 0.15) is 41.5 Å². The van der Waals surface area contributed by atoms with Gasteiger partial charge in [0.05, 0.1) is 0 Å². The fraction of sp³-hybridized carbons (Fsp3) is 0.571. The molecule has 0 spiro atoms. The molecule has 0 radical (unpaired) electrons. The summed E-state index contributed by atoms with van der Waals surface area (Å²) in [5.74, 6) is 0. The second-order valence-corrected chi connectivity index (χ2v) is 17.1. The van der Waals surface area contributed by atoms with Crippen LogP contribution in [0.15, 0.2) is 60.7 Å². The van der Waals surface area contributed by atoms with Gasteiger partial charge >= 0.3 is 78.3 Å². The van der Waals surface area contributed by atoms with E-state index in [9.17, 15) is 79.0 Å². The van der Waals surface area contributed by atoms with Gasteiger partial charge in [0.25, 0.3) is 0 Å². The van der Waals surface area contributed by atoms with Crippen molar-refractivity contribution in [2.24, 2.45) is 0 Å². The quantitative estimate of drug-likeness (QED) is 0.139. The molecule has 0 unspecified atom stereocenters. The van der Waals surface area contributed by atoms with E-state index in [0.717, 1.165) is 0 Å². The van der Waals surface area contributed by atoms with Gasteiger partial charge in [-0.15, -0.1) is 0 Å². The molecule has 0 aromatic heterocycles. The highest BCUT2D eigenvalue weighted by molar-refractivity contribution is 6.54. The van der Waals surface area contributed by atoms with Crippen molar-refractivity contribution in [1.82, 2.24) is 0 Å². The van der Waals surface area contributed by atoms with Crippen molar-refractivity contribution in [1.29, 1.82) is 0 Å². The lowest BCUT2D eigenvalue weighted by molar-refractivity contribution is -0.597. The van der Waals surface area contributed by atoms with Crippen molar-refractivity contribution in [2.45, 2.75) is 101 Å². The molecule has 0 fully saturated rings. The first-order valence-electron chi connectivity index (χ1n) is 13.9. The molecule has 24 heteroatoms. The van der Waals surface area contributed by atoms with Gasteiger partial charge < -0.3 is 15.2 Å². The number of hydrogen-bond acceptors (Lipinski definition) is 4. The maximum Gasteiger partial charge on any atom is 0.878 e. The van der Waals surface area contributed by atoms with Crippen LogP contribution in [0.4, 0.5) is 79.0 Å². The molecular weight excluding hydrogens is 896 g/mol. The van der Waals surface area contributed by atoms with E-state index in [2.05, 4.69) is 75.8 Å². The highest BCUT2D eigenvalue weighted by atomic mass is 127. The smallest absolute Gasteiger partial charge is 0.576 e. The molecule has 0 atom stereocenters. The molecule has 2 aromatic rings. The number of alkyl halides is 18. The molecule has 0 saturated carbocycles. The molecule has 2 aromatic carbocycles. The standard InChI is InChI=1S/C12H10I.C4F9O.3C4H6F3O.Al/c1-3-7-11(8-4-1)13-12-9-5-2-6-10-12;5-2(6,7)1(14,3(8,9)10)4(11,12)13;3*1-3(2,8)4(5,6)7;/h1-10H;;3*1-2H3;/q+1;4*-1;+3. The molecule has 300 valence electrons. The Hall–Kier alpha value is -1.72. The van der Waals surface area contributed by atoms with Gasteiger partial charge in [-0.25, -0.2) is 0 Å². The first-order chi connectivity index (χ1) is 22.8. The molecule has 0 aliphatic carbocycles. The molecule has 4 nitrogen and oxygen atoms in total. The summed E-state index contributed by atoms with van der Waals surface area (Å²) in [6.07, 6.45) is -41.9. The van der Waals surface area contributed by atoms with Crippen molar-refractivity contribution < 1.29 is 115 Å². The number of halogens is 19. The van der Waals surface area contributed by atoms with Gasteiger partial charge in [-0.1, -0.05) is 36.4 Å². The van der Waals surface area contributed by atoms with Crippen molar-refractivity contribution in [3.8, 4) is 0 Å². The van der Waals surface area contributed by atoms with E-state index < -0.39 is 73.9 Å². The third kappa shape index (κ3) is 11.6. The van der Waals surface area contributed by atoms with Crippen LogP contribution >= 0.6 is 0 Å². The summed E-state index contributed by atoms with van der Waals surface area (Å²) in [5.41, 5.74) is -21.1. The van der Waals surface area contributed by atoms with Gasteiger partial charge in [0.15, 0.2) is 7.14 Å². The topological polar surface area (TPSA) is 36.9 Å². The monoisotopic (exact) mass is 924 g/mol. The summed E-state index contributed by atoms with van der Waals surface area (Å²) in [4.78, 5) is 0. The van der Waals surface area contributed by atoms with Crippen LogP contribution < -0.4 is 21.2 Å². The summed E-state index contributed by atoms with van der Waals surface area (Å²) in [7, 11) is 0. The Morgan fingerprint density at radius 2 is 0.596 bits per heavy atom. The van der Waals surface area contributed by atoms with Crippen LogP contribution in [-0.2, 0) is 15.2 Å². The molecule has 0 aliphatic heterocycles. The van der Waals surface area contributed by atoms with Crippen molar-refractivity contribution in [3.63, 3.8) is 0 Å². The van der Waals surface area contributed by atoms with Gasteiger partial charge in [0, 0.05) is 0 Å².